The van der Waals surface area contributed by atoms with Crippen LogP contribution in [-0.2, 0) is 24.4 Å². The predicted molar refractivity (Wildman–Crippen MR) is 145 cm³/mol. The van der Waals surface area contributed by atoms with Gasteiger partial charge in [-0.3, -0.25) is 24.3 Å². The van der Waals surface area contributed by atoms with Crippen molar-refractivity contribution >= 4 is 28.4 Å². The van der Waals surface area contributed by atoms with Gasteiger partial charge in [0.15, 0.2) is 0 Å². The monoisotopic (exact) mass is 529 g/mol. The van der Waals surface area contributed by atoms with Crippen LogP contribution in [0.4, 0.5) is 10.1 Å². The first kappa shape index (κ1) is 26.2. The Bertz CT molecular complexity index is 1600. The molecular formula is C29H28FN5O4. The van der Waals surface area contributed by atoms with Crippen LogP contribution in [0.5, 0.6) is 0 Å². The van der Waals surface area contributed by atoms with E-state index in [9.17, 15) is 23.9 Å². The molecule has 0 aliphatic carbocycles. The summed E-state index contributed by atoms with van der Waals surface area (Å²) in [6.45, 7) is 0.797. The first-order chi connectivity index (χ1) is 18.7. The standard InChI is InChI=1S/C29H28FN5O4/c1-33(16-25(36)23-5-3-4-10-31-23)14-19-11-21-27-24(12-19)34(2)26(37)17-35(27)15-22(28(21)38)29(39)32-13-18-6-8-20(30)9-7-18/h3-12,15,25,36H,13-14,16-17H2,1-2H3,(H,32,39)/t25-/m1/s1. The summed E-state index contributed by atoms with van der Waals surface area (Å²) < 4.78 is 14.8. The van der Waals surface area contributed by atoms with Crippen molar-refractivity contribution in [2.75, 3.05) is 25.5 Å². The minimum Gasteiger partial charge on any atom is -0.385 e. The molecule has 0 spiro atoms. The minimum absolute atomic E-state index is 0.00591. The lowest BCUT2D eigenvalue weighted by molar-refractivity contribution is -0.119. The van der Waals surface area contributed by atoms with Crippen molar-refractivity contribution < 1.29 is 19.1 Å². The number of nitrogens with one attached hydrogen (secondary N) is 1. The van der Waals surface area contributed by atoms with Crippen molar-refractivity contribution in [3.05, 3.63) is 105 Å². The molecule has 0 fully saturated rings. The first-order valence-corrected chi connectivity index (χ1v) is 12.5. The molecule has 5 rings (SSSR count). The van der Waals surface area contributed by atoms with Crippen LogP contribution in [0.3, 0.4) is 0 Å². The van der Waals surface area contributed by atoms with E-state index < -0.39 is 17.4 Å². The topological polar surface area (TPSA) is 108 Å². The summed E-state index contributed by atoms with van der Waals surface area (Å²) in [6.07, 6.45) is 2.25. The number of hydrogen-bond donors (Lipinski definition) is 2. The molecule has 1 aliphatic rings. The van der Waals surface area contributed by atoms with E-state index in [0.29, 0.717) is 40.9 Å². The number of anilines is 1. The molecule has 2 N–H and O–H groups in total. The zero-order valence-corrected chi connectivity index (χ0v) is 21.6. The number of aromatic nitrogens is 2. The van der Waals surface area contributed by atoms with Crippen molar-refractivity contribution in [1.29, 1.82) is 0 Å². The van der Waals surface area contributed by atoms with Crippen LogP contribution in [0.15, 0.2) is 71.8 Å². The number of amides is 2. The number of nitrogens with zero attached hydrogens (tertiary/aromatic N) is 4. The SMILES string of the molecule is CN(Cc1cc2c3c(c1)c(=O)c(C(=O)NCc1ccc(F)cc1)cn3CC(=O)N2C)C[C@@H](O)c1ccccn1. The van der Waals surface area contributed by atoms with Gasteiger partial charge in [0.2, 0.25) is 11.3 Å². The van der Waals surface area contributed by atoms with Crippen molar-refractivity contribution in [2.24, 2.45) is 0 Å². The normalized spacial score (nSPS) is 13.7. The molecule has 2 aromatic heterocycles. The molecule has 1 aliphatic heterocycles. The Morgan fingerprint density at radius 1 is 1.15 bits per heavy atom. The molecule has 0 radical (unpaired) electrons. The molecule has 9 nitrogen and oxygen atoms in total. The number of rotatable bonds is 8. The second kappa shape index (κ2) is 10.8. The number of aliphatic hydroxyl groups is 1. The summed E-state index contributed by atoms with van der Waals surface area (Å²) in [4.78, 5) is 47.0. The fourth-order valence-electron chi connectivity index (χ4n) is 4.81. The van der Waals surface area contributed by atoms with Crippen LogP contribution in [0.25, 0.3) is 10.9 Å². The first-order valence-electron chi connectivity index (χ1n) is 12.5. The van der Waals surface area contributed by atoms with Gasteiger partial charge in [0.1, 0.15) is 24.0 Å². The third kappa shape index (κ3) is 5.43. The lowest BCUT2D eigenvalue weighted by atomic mass is 10.0. The third-order valence-electron chi connectivity index (χ3n) is 6.83. The van der Waals surface area contributed by atoms with Gasteiger partial charge in [-0.15, -0.1) is 0 Å². The number of aliphatic hydroxyl groups excluding tert-OH is 1. The number of pyridine rings is 2. The molecular weight excluding hydrogens is 501 g/mol. The molecule has 200 valence electrons. The third-order valence-corrected chi connectivity index (χ3v) is 6.83. The van der Waals surface area contributed by atoms with Crippen molar-refractivity contribution in [2.45, 2.75) is 25.7 Å². The highest BCUT2D eigenvalue weighted by molar-refractivity contribution is 6.07. The molecule has 2 aromatic carbocycles. The summed E-state index contributed by atoms with van der Waals surface area (Å²) in [7, 11) is 3.50. The maximum Gasteiger partial charge on any atom is 0.257 e. The molecule has 0 unspecified atom stereocenters. The average Bonchev–Trinajstić information content (AvgIpc) is 2.93. The van der Waals surface area contributed by atoms with Crippen molar-refractivity contribution in [1.82, 2.24) is 19.8 Å². The minimum atomic E-state index is -0.798. The van der Waals surface area contributed by atoms with Gasteiger partial charge >= 0.3 is 0 Å². The number of benzene rings is 2. The summed E-state index contributed by atoms with van der Waals surface area (Å²) in [5.41, 5.74) is 2.63. The fraction of sp³-hybridized carbons (Fsp3) is 0.241. The Labute approximate surface area is 224 Å². The summed E-state index contributed by atoms with van der Waals surface area (Å²) in [5, 5.41) is 13.6. The predicted octanol–water partition coefficient (Wildman–Crippen LogP) is 2.61. The van der Waals surface area contributed by atoms with Gasteiger partial charge < -0.3 is 19.9 Å². The van der Waals surface area contributed by atoms with Gasteiger partial charge in [-0.05, 0) is 54.6 Å². The Morgan fingerprint density at radius 3 is 2.64 bits per heavy atom. The maximum absolute atomic E-state index is 13.6. The largest absolute Gasteiger partial charge is 0.385 e. The molecule has 2 amide bonds. The van der Waals surface area contributed by atoms with E-state index in [4.69, 9.17) is 0 Å². The number of carbonyl (C=O) groups is 2. The summed E-state index contributed by atoms with van der Waals surface area (Å²) in [6, 6.07) is 14.6. The van der Waals surface area contributed by atoms with Crippen LogP contribution in [0, 0.1) is 5.82 Å². The summed E-state index contributed by atoms with van der Waals surface area (Å²) >= 11 is 0. The molecule has 1 atom stereocenters. The Balaban J connectivity index is 1.46. The molecule has 4 aromatic rings. The lowest BCUT2D eigenvalue weighted by Gasteiger charge is -2.29. The number of carbonyl (C=O) groups excluding carboxylic acids is 2. The average molecular weight is 530 g/mol. The zero-order valence-electron chi connectivity index (χ0n) is 21.6. The van der Waals surface area contributed by atoms with Gasteiger partial charge in [0.05, 0.1) is 16.9 Å². The smallest absolute Gasteiger partial charge is 0.257 e. The van der Waals surface area contributed by atoms with E-state index >= 15 is 0 Å². The van der Waals surface area contributed by atoms with Crippen LogP contribution < -0.4 is 15.6 Å². The molecule has 0 saturated carbocycles. The maximum atomic E-state index is 13.6. The Morgan fingerprint density at radius 2 is 1.92 bits per heavy atom. The van der Waals surface area contributed by atoms with Crippen molar-refractivity contribution in [3.8, 4) is 0 Å². The molecule has 3 heterocycles. The van der Waals surface area contributed by atoms with E-state index in [1.807, 2.05) is 24.1 Å². The number of halogens is 1. The zero-order chi connectivity index (χ0) is 27.7. The second-order valence-electron chi connectivity index (χ2n) is 9.74. The van der Waals surface area contributed by atoms with Gasteiger partial charge in [-0.1, -0.05) is 18.2 Å². The quantitative estimate of drug-likeness (QED) is 0.363. The van der Waals surface area contributed by atoms with E-state index in [1.54, 1.807) is 48.1 Å². The van der Waals surface area contributed by atoms with E-state index in [2.05, 4.69) is 10.3 Å². The molecule has 10 heteroatoms. The van der Waals surface area contributed by atoms with Gasteiger partial charge in [-0.25, -0.2) is 4.39 Å². The van der Waals surface area contributed by atoms with Crippen LogP contribution in [0.2, 0.25) is 0 Å². The second-order valence-corrected chi connectivity index (χ2v) is 9.74. The highest BCUT2D eigenvalue weighted by Crippen LogP contribution is 2.31. The lowest BCUT2D eigenvalue weighted by Crippen LogP contribution is -2.37. The van der Waals surface area contributed by atoms with Crippen LogP contribution in [-0.4, -0.2) is 52.0 Å². The summed E-state index contributed by atoms with van der Waals surface area (Å²) in [5.74, 6) is -1.14. The molecule has 0 saturated heterocycles. The van der Waals surface area contributed by atoms with Crippen molar-refractivity contribution in [3.63, 3.8) is 0 Å². The number of likely N-dealkylation sites (N-methyl/N-ethyl adjacent to an activating group) is 2. The number of hydrogen-bond acceptors (Lipinski definition) is 6. The van der Waals surface area contributed by atoms with E-state index in [0.717, 1.165) is 5.56 Å². The van der Waals surface area contributed by atoms with Gasteiger partial charge in [0.25, 0.3) is 5.91 Å². The fourth-order valence-corrected chi connectivity index (χ4v) is 4.81. The van der Waals surface area contributed by atoms with Crippen LogP contribution in [0.1, 0.15) is 33.3 Å². The van der Waals surface area contributed by atoms with E-state index in [-0.39, 0.29) is 30.4 Å². The van der Waals surface area contributed by atoms with Gasteiger partial charge in [0, 0.05) is 44.5 Å². The molecule has 39 heavy (non-hydrogen) atoms. The van der Waals surface area contributed by atoms with Gasteiger partial charge in [-0.2, -0.15) is 0 Å². The Hall–Kier alpha value is -4.41. The van der Waals surface area contributed by atoms with Crippen LogP contribution >= 0.6 is 0 Å². The van der Waals surface area contributed by atoms with E-state index in [1.165, 1.54) is 23.2 Å². The molecule has 0 bridgehead atoms. The highest BCUT2D eigenvalue weighted by Gasteiger charge is 2.27. The Kier molecular flexibility index (Phi) is 7.23. The highest BCUT2D eigenvalue weighted by atomic mass is 19.1.